The maximum Gasteiger partial charge on any atom is 0.307 e. The second-order valence-electron chi connectivity index (χ2n) is 15.1. The van der Waals surface area contributed by atoms with E-state index in [0.717, 1.165) is 122 Å². The average Bonchev–Trinajstić information content (AvgIpc) is 3.07. The summed E-state index contributed by atoms with van der Waals surface area (Å²) in [6, 6.07) is 0. The zero-order valence-corrected chi connectivity index (χ0v) is 31.7. The second-order valence-corrected chi connectivity index (χ2v) is 15.1. The van der Waals surface area contributed by atoms with Gasteiger partial charge in [0.15, 0.2) is 0 Å². The van der Waals surface area contributed by atoms with E-state index >= 15 is 0 Å². The molecule has 0 aliphatic heterocycles. The van der Waals surface area contributed by atoms with Gasteiger partial charge in [0.2, 0.25) is 0 Å². The van der Waals surface area contributed by atoms with Gasteiger partial charge >= 0.3 is 23.9 Å². The molecule has 0 radical (unpaired) electrons. The highest BCUT2D eigenvalue weighted by molar-refractivity contribution is 5.71. The van der Waals surface area contributed by atoms with Crippen LogP contribution in [-0.2, 0) is 19.2 Å². The van der Waals surface area contributed by atoms with Gasteiger partial charge in [-0.05, 0) is 88.9 Å². The first-order valence-corrected chi connectivity index (χ1v) is 20.4. The Labute approximate surface area is 303 Å². The minimum atomic E-state index is -0.711. The molecule has 4 N–H and O–H groups in total. The lowest BCUT2D eigenvalue weighted by Crippen LogP contribution is -2.25. The normalized spacial score (nSPS) is 20.3. The molecule has 288 valence electrons. The first-order valence-electron chi connectivity index (χ1n) is 20.4. The van der Waals surface area contributed by atoms with Gasteiger partial charge in [-0.15, -0.1) is 0 Å². The number of hydrogen-bond acceptors (Lipinski definition) is 4. The molecule has 0 amide bonds. The molecule has 50 heavy (non-hydrogen) atoms. The van der Waals surface area contributed by atoms with Crippen LogP contribution in [-0.4, -0.2) is 44.3 Å². The maximum absolute atomic E-state index is 11.5. The van der Waals surface area contributed by atoms with Crippen molar-refractivity contribution in [2.75, 3.05) is 0 Å². The minimum Gasteiger partial charge on any atom is -0.481 e. The summed E-state index contributed by atoms with van der Waals surface area (Å²) < 4.78 is 0. The van der Waals surface area contributed by atoms with Crippen LogP contribution in [0, 0.1) is 23.7 Å². The topological polar surface area (TPSA) is 149 Å². The van der Waals surface area contributed by atoms with E-state index in [4.69, 9.17) is 10.2 Å². The Morgan fingerprint density at radius 1 is 0.580 bits per heavy atom. The zero-order valence-electron chi connectivity index (χ0n) is 31.7. The van der Waals surface area contributed by atoms with E-state index < -0.39 is 23.9 Å². The molecule has 2 aliphatic rings. The largest absolute Gasteiger partial charge is 0.481 e. The Hall–Kier alpha value is -2.64. The van der Waals surface area contributed by atoms with Crippen molar-refractivity contribution in [3.05, 3.63) is 23.3 Å². The quantitative estimate of drug-likeness (QED) is 0.0464. The third kappa shape index (κ3) is 23.0. The van der Waals surface area contributed by atoms with Crippen LogP contribution in [0.2, 0.25) is 0 Å². The van der Waals surface area contributed by atoms with Crippen molar-refractivity contribution in [1.82, 2.24) is 0 Å². The van der Waals surface area contributed by atoms with Gasteiger partial charge in [0, 0.05) is 12.8 Å². The molecule has 0 aromatic heterocycles. The maximum atomic E-state index is 11.5. The lowest BCUT2D eigenvalue weighted by Gasteiger charge is -2.27. The van der Waals surface area contributed by atoms with E-state index in [1.165, 1.54) is 56.1 Å². The highest BCUT2D eigenvalue weighted by Gasteiger charge is 2.30. The Bertz CT molecular complexity index is 1020. The molecule has 0 aromatic carbocycles. The lowest BCUT2D eigenvalue weighted by molar-refractivity contribution is -0.144. The molecule has 0 heterocycles. The number of aliphatic carboxylic acids is 4. The fraction of sp³-hybridized carbons (Fsp3) is 0.810. The first kappa shape index (κ1) is 45.4. The van der Waals surface area contributed by atoms with Crippen molar-refractivity contribution in [1.29, 1.82) is 0 Å². The SMILES string of the molecule is CCCCCCC1C=C(CCCCCCCC(=O)O)CC(C(=O)O)C1.CCCCCCC1C=C(CCCCCCCC(=O)O)CCC1C(=O)O. The first-order chi connectivity index (χ1) is 24.1. The van der Waals surface area contributed by atoms with Gasteiger partial charge in [0.05, 0.1) is 11.8 Å². The standard InChI is InChI=1S/2C21H36O4/c1-2-3-4-9-12-18-16-17(14-15-19(18)21(24)25)11-8-6-5-7-10-13-20(22)23;1-2-3-4-8-11-17-14-18(16-19(15-17)21(24)25)12-9-6-5-7-10-13-20(22)23/h16,18-19H,2-15H2,1H3,(H,22,23)(H,24,25);14,17,19H,2-13,15-16H2,1H3,(H,22,23)(H,24,25). The van der Waals surface area contributed by atoms with Crippen LogP contribution in [0.5, 0.6) is 0 Å². The van der Waals surface area contributed by atoms with Crippen molar-refractivity contribution in [2.24, 2.45) is 23.7 Å². The van der Waals surface area contributed by atoms with Crippen LogP contribution in [0.4, 0.5) is 0 Å². The Morgan fingerprint density at radius 3 is 1.60 bits per heavy atom. The van der Waals surface area contributed by atoms with E-state index in [-0.39, 0.29) is 30.6 Å². The molecule has 2 aliphatic carbocycles. The van der Waals surface area contributed by atoms with E-state index in [2.05, 4.69) is 26.0 Å². The minimum absolute atomic E-state index is 0.193. The van der Waals surface area contributed by atoms with Gasteiger partial charge < -0.3 is 20.4 Å². The van der Waals surface area contributed by atoms with Crippen molar-refractivity contribution in [3.63, 3.8) is 0 Å². The van der Waals surface area contributed by atoms with Gasteiger partial charge in [-0.1, -0.05) is 127 Å². The van der Waals surface area contributed by atoms with Crippen molar-refractivity contribution >= 4 is 23.9 Å². The molecule has 8 nitrogen and oxygen atoms in total. The molecule has 2 rings (SSSR count). The van der Waals surface area contributed by atoms with Gasteiger partial charge in [0.25, 0.3) is 0 Å². The summed E-state index contributed by atoms with van der Waals surface area (Å²) in [5.41, 5.74) is 2.79. The molecule has 0 bridgehead atoms. The highest BCUT2D eigenvalue weighted by Crippen LogP contribution is 2.35. The summed E-state index contributed by atoms with van der Waals surface area (Å²) in [6.45, 7) is 4.40. The van der Waals surface area contributed by atoms with Gasteiger partial charge in [-0.25, -0.2) is 0 Å². The van der Waals surface area contributed by atoms with Crippen molar-refractivity contribution in [2.45, 2.75) is 194 Å². The number of carboxylic acids is 4. The molecule has 4 atom stereocenters. The molecular weight excluding hydrogens is 632 g/mol. The van der Waals surface area contributed by atoms with E-state index in [1.807, 2.05) is 0 Å². The second kappa shape index (κ2) is 29.0. The summed E-state index contributed by atoms with van der Waals surface area (Å²) in [6.07, 6.45) is 32.6. The monoisotopic (exact) mass is 705 g/mol. The summed E-state index contributed by atoms with van der Waals surface area (Å²) in [5.74, 6) is -2.42. The predicted octanol–water partition coefficient (Wildman–Crippen LogP) is 11.6. The van der Waals surface area contributed by atoms with Gasteiger partial charge in [-0.2, -0.15) is 0 Å². The Balaban J connectivity index is 0.000000500. The molecule has 0 aromatic rings. The third-order valence-corrected chi connectivity index (χ3v) is 10.6. The summed E-state index contributed by atoms with van der Waals surface area (Å²) in [7, 11) is 0. The van der Waals surface area contributed by atoms with Crippen LogP contribution in [0.15, 0.2) is 23.3 Å². The number of carboxylic acid groups (broad SMARTS) is 4. The molecule has 0 saturated heterocycles. The predicted molar refractivity (Wildman–Crippen MR) is 201 cm³/mol. The Kier molecular flexibility index (Phi) is 26.3. The molecule has 0 fully saturated rings. The zero-order chi connectivity index (χ0) is 37.0. The average molecular weight is 705 g/mol. The van der Waals surface area contributed by atoms with Crippen LogP contribution in [0.25, 0.3) is 0 Å². The van der Waals surface area contributed by atoms with Crippen LogP contribution in [0.3, 0.4) is 0 Å². The third-order valence-electron chi connectivity index (χ3n) is 10.6. The Morgan fingerprint density at radius 2 is 1.08 bits per heavy atom. The molecule has 8 heteroatoms. The van der Waals surface area contributed by atoms with Crippen molar-refractivity contribution in [3.8, 4) is 0 Å². The highest BCUT2D eigenvalue weighted by atomic mass is 16.4. The van der Waals surface area contributed by atoms with E-state index in [1.54, 1.807) is 0 Å². The molecule has 0 saturated carbocycles. The summed E-state index contributed by atoms with van der Waals surface area (Å²) in [4.78, 5) is 43.9. The number of hydrogen-bond donors (Lipinski definition) is 4. The molecule has 4 unspecified atom stereocenters. The smallest absolute Gasteiger partial charge is 0.307 e. The number of rotatable bonds is 28. The van der Waals surface area contributed by atoms with Gasteiger partial charge in [0.1, 0.15) is 0 Å². The van der Waals surface area contributed by atoms with Crippen molar-refractivity contribution < 1.29 is 39.6 Å². The lowest BCUT2D eigenvalue weighted by atomic mass is 9.77. The fourth-order valence-electron chi connectivity index (χ4n) is 7.62. The number of unbranched alkanes of at least 4 members (excludes halogenated alkanes) is 14. The number of allylic oxidation sites excluding steroid dienone is 4. The summed E-state index contributed by atoms with van der Waals surface area (Å²) in [5, 5.41) is 36.1. The summed E-state index contributed by atoms with van der Waals surface area (Å²) >= 11 is 0. The molecule has 0 spiro atoms. The van der Waals surface area contributed by atoms with Crippen LogP contribution >= 0.6 is 0 Å². The van der Waals surface area contributed by atoms with E-state index in [0.29, 0.717) is 5.92 Å². The molecular formula is C42H72O8. The van der Waals surface area contributed by atoms with Crippen LogP contribution in [0.1, 0.15) is 194 Å². The van der Waals surface area contributed by atoms with Crippen LogP contribution < -0.4 is 0 Å². The number of carbonyl (C=O) groups is 4. The van der Waals surface area contributed by atoms with E-state index in [9.17, 15) is 29.4 Å². The fourth-order valence-corrected chi connectivity index (χ4v) is 7.62. The van der Waals surface area contributed by atoms with Gasteiger partial charge in [-0.3, -0.25) is 19.2 Å².